The minimum atomic E-state index is 0.299. The molecule has 1 aromatic heterocycles. The van der Waals surface area contributed by atoms with Crippen molar-refractivity contribution in [2.24, 2.45) is 0 Å². The molecule has 1 aromatic rings. The van der Waals surface area contributed by atoms with Gasteiger partial charge in [-0.25, -0.2) is 0 Å². The molecule has 0 saturated carbocycles. The summed E-state index contributed by atoms with van der Waals surface area (Å²) in [6.45, 7) is 4.37. The van der Waals surface area contributed by atoms with Crippen LogP contribution in [0.5, 0.6) is 0 Å². The molecule has 0 aromatic carbocycles. The summed E-state index contributed by atoms with van der Waals surface area (Å²) in [4.78, 5) is 15.2. The van der Waals surface area contributed by atoms with Crippen molar-refractivity contribution in [1.82, 2.24) is 4.90 Å². The van der Waals surface area contributed by atoms with Crippen molar-refractivity contribution in [3.63, 3.8) is 0 Å². The Morgan fingerprint density at radius 1 is 1.56 bits per heavy atom. The number of carbonyl (C=O) groups excluding carboxylic acids is 1. The van der Waals surface area contributed by atoms with Gasteiger partial charge in [-0.2, -0.15) is 0 Å². The van der Waals surface area contributed by atoms with Gasteiger partial charge in [0.15, 0.2) is 5.78 Å². The minimum absolute atomic E-state index is 0.299. The predicted octanol–water partition coefficient (Wildman–Crippen LogP) is 3.20. The molecule has 1 aliphatic heterocycles. The quantitative estimate of drug-likeness (QED) is 0.750. The second-order valence-electron chi connectivity index (χ2n) is 4.53. The van der Waals surface area contributed by atoms with Crippen LogP contribution < -0.4 is 0 Å². The van der Waals surface area contributed by atoms with Crippen molar-refractivity contribution in [1.29, 1.82) is 0 Å². The van der Waals surface area contributed by atoms with Crippen LogP contribution in [0.4, 0.5) is 0 Å². The van der Waals surface area contributed by atoms with E-state index in [9.17, 15) is 4.79 Å². The Morgan fingerprint density at radius 3 is 3.12 bits per heavy atom. The lowest BCUT2D eigenvalue weighted by Gasteiger charge is -2.32. The summed E-state index contributed by atoms with van der Waals surface area (Å²) in [5, 5.41) is 1.97. The van der Waals surface area contributed by atoms with E-state index in [0.717, 1.165) is 11.4 Å². The lowest BCUT2D eigenvalue weighted by molar-refractivity contribution is 0.0939. The number of nitrogens with zero attached hydrogens (tertiary/aromatic N) is 1. The van der Waals surface area contributed by atoms with Crippen molar-refractivity contribution in [3.8, 4) is 0 Å². The molecule has 1 unspecified atom stereocenters. The zero-order valence-electron chi connectivity index (χ0n) is 9.82. The highest BCUT2D eigenvalue weighted by atomic mass is 32.1. The van der Waals surface area contributed by atoms with Crippen LogP contribution in [-0.4, -0.2) is 29.8 Å². The molecule has 1 atom stereocenters. The summed E-state index contributed by atoms with van der Waals surface area (Å²) in [6.07, 6.45) is 4.59. The molecule has 1 saturated heterocycles. The zero-order valence-corrected chi connectivity index (χ0v) is 10.6. The van der Waals surface area contributed by atoms with Crippen LogP contribution in [0.3, 0.4) is 0 Å². The summed E-state index contributed by atoms with van der Waals surface area (Å²) in [5.74, 6) is 0.299. The van der Waals surface area contributed by atoms with E-state index in [2.05, 4.69) is 11.8 Å². The molecule has 2 nitrogen and oxygen atoms in total. The van der Waals surface area contributed by atoms with Gasteiger partial charge in [0.05, 0.1) is 4.88 Å². The van der Waals surface area contributed by atoms with E-state index in [1.54, 1.807) is 11.3 Å². The van der Waals surface area contributed by atoms with E-state index in [0.29, 0.717) is 18.2 Å². The number of likely N-dealkylation sites (tertiary alicyclic amines) is 1. The lowest BCUT2D eigenvalue weighted by atomic mass is 10.0. The van der Waals surface area contributed by atoms with E-state index in [4.69, 9.17) is 0 Å². The Hall–Kier alpha value is -0.670. The summed E-state index contributed by atoms with van der Waals surface area (Å²) in [6, 6.07) is 4.53. The van der Waals surface area contributed by atoms with Crippen molar-refractivity contribution in [2.75, 3.05) is 13.1 Å². The van der Waals surface area contributed by atoms with Gasteiger partial charge in [0.1, 0.15) is 0 Å². The normalized spacial score (nSPS) is 22.2. The van der Waals surface area contributed by atoms with Crippen molar-refractivity contribution >= 4 is 17.1 Å². The average molecular weight is 237 g/mol. The molecule has 0 aliphatic carbocycles. The number of hydrogen-bond acceptors (Lipinski definition) is 3. The van der Waals surface area contributed by atoms with Crippen molar-refractivity contribution in [3.05, 3.63) is 22.4 Å². The molecular weight excluding hydrogens is 218 g/mol. The summed E-state index contributed by atoms with van der Waals surface area (Å²) < 4.78 is 0. The van der Waals surface area contributed by atoms with Gasteiger partial charge < -0.3 is 4.90 Å². The highest BCUT2D eigenvalue weighted by molar-refractivity contribution is 7.12. The van der Waals surface area contributed by atoms with Crippen LogP contribution in [0.1, 0.15) is 42.3 Å². The summed E-state index contributed by atoms with van der Waals surface area (Å²) in [7, 11) is 0. The first kappa shape index (κ1) is 11.8. The topological polar surface area (TPSA) is 20.3 Å². The maximum atomic E-state index is 11.8. The Bertz CT molecular complexity index is 334. The second-order valence-corrected chi connectivity index (χ2v) is 5.48. The zero-order chi connectivity index (χ0) is 11.4. The van der Waals surface area contributed by atoms with Gasteiger partial charge in [0, 0.05) is 19.0 Å². The van der Waals surface area contributed by atoms with Crippen LogP contribution in [-0.2, 0) is 0 Å². The third kappa shape index (κ3) is 2.92. The smallest absolute Gasteiger partial charge is 0.174 e. The molecule has 0 spiro atoms. The van der Waals surface area contributed by atoms with E-state index >= 15 is 0 Å². The first-order chi connectivity index (χ1) is 7.77. The predicted molar refractivity (Wildman–Crippen MR) is 68.2 cm³/mol. The maximum Gasteiger partial charge on any atom is 0.174 e. The Kier molecular flexibility index (Phi) is 4.13. The number of piperidine rings is 1. The highest BCUT2D eigenvalue weighted by Gasteiger charge is 2.19. The lowest BCUT2D eigenvalue weighted by Crippen LogP contribution is -2.38. The number of carbonyl (C=O) groups is 1. The van der Waals surface area contributed by atoms with E-state index < -0.39 is 0 Å². The molecule has 88 valence electrons. The molecular formula is C13H19NOS. The third-order valence-corrected chi connectivity index (χ3v) is 4.27. The molecule has 2 rings (SSSR count). The number of hydrogen-bond donors (Lipinski definition) is 0. The van der Waals surface area contributed by atoms with Gasteiger partial charge in [0.2, 0.25) is 0 Å². The first-order valence-electron chi connectivity index (χ1n) is 6.08. The van der Waals surface area contributed by atoms with Gasteiger partial charge in [-0.1, -0.05) is 12.5 Å². The van der Waals surface area contributed by atoms with Gasteiger partial charge >= 0.3 is 0 Å². The number of rotatable bonds is 4. The maximum absolute atomic E-state index is 11.8. The standard InChI is InChI=1S/C13H19NOS/c1-11-5-2-3-8-14(11)9-7-12(15)13-6-4-10-16-13/h4,6,10-11H,2-3,5,7-9H2,1H3. The van der Waals surface area contributed by atoms with E-state index in [1.165, 1.54) is 25.8 Å². The van der Waals surface area contributed by atoms with Crippen molar-refractivity contribution < 1.29 is 4.79 Å². The molecule has 0 bridgehead atoms. The number of thiophene rings is 1. The molecule has 0 amide bonds. The molecule has 1 aliphatic rings. The van der Waals surface area contributed by atoms with Crippen LogP contribution in [0.2, 0.25) is 0 Å². The molecule has 3 heteroatoms. The average Bonchev–Trinajstić information content (AvgIpc) is 2.81. The molecule has 0 N–H and O–H groups in total. The first-order valence-corrected chi connectivity index (χ1v) is 6.96. The summed E-state index contributed by atoms with van der Waals surface area (Å²) >= 11 is 1.55. The van der Waals surface area contributed by atoms with E-state index in [-0.39, 0.29) is 0 Å². The third-order valence-electron chi connectivity index (χ3n) is 3.36. The Labute approximate surface area is 101 Å². The van der Waals surface area contributed by atoms with E-state index in [1.807, 2.05) is 17.5 Å². The fraction of sp³-hybridized carbons (Fsp3) is 0.615. The Morgan fingerprint density at radius 2 is 2.44 bits per heavy atom. The van der Waals surface area contributed by atoms with Gasteiger partial charge in [-0.3, -0.25) is 4.79 Å². The van der Waals surface area contributed by atoms with Crippen LogP contribution in [0.15, 0.2) is 17.5 Å². The minimum Gasteiger partial charge on any atom is -0.300 e. The van der Waals surface area contributed by atoms with Crippen molar-refractivity contribution in [2.45, 2.75) is 38.6 Å². The van der Waals surface area contributed by atoms with Crippen LogP contribution >= 0.6 is 11.3 Å². The second kappa shape index (κ2) is 5.60. The molecule has 1 fully saturated rings. The van der Waals surface area contributed by atoms with Gasteiger partial charge in [-0.05, 0) is 37.8 Å². The van der Waals surface area contributed by atoms with Crippen LogP contribution in [0, 0.1) is 0 Å². The Balaban J connectivity index is 1.80. The summed E-state index contributed by atoms with van der Waals surface area (Å²) in [5.41, 5.74) is 0. The fourth-order valence-electron chi connectivity index (χ4n) is 2.30. The molecule has 0 radical (unpaired) electrons. The molecule has 16 heavy (non-hydrogen) atoms. The van der Waals surface area contributed by atoms with Gasteiger partial charge in [0.25, 0.3) is 0 Å². The number of Topliss-reactive ketones (excluding diaryl/α,β-unsaturated/α-hetero) is 1. The monoisotopic (exact) mass is 237 g/mol. The molecule has 2 heterocycles. The fourth-order valence-corrected chi connectivity index (χ4v) is 2.99. The number of ketones is 1. The largest absolute Gasteiger partial charge is 0.300 e. The van der Waals surface area contributed by atoms with Gasteiger partial charge in [-0.15, -0.1) is 11.3 Å². The van der Waals surface area contributed by atoms with Crippen LogP contribution in [0.25, 0.3) is 0 Å². The SMILES string of the molecule is CC1CCCCN1CCC(=O)c1cccs1. The highest BCUT2D eigenvalue weighted by Crippen LogP contribution is 2.18.